The van der Waals surface area contributed by atoms with Gasteiger partial charge in [0.05, 0.1) is 21.8 Å². The minimum atomic E-state index is -3.76. The Morgan fingerprint density at radius 3 is 2.33 bits per heavy atom. The number of rotatable bonds is 1. The third-order valence-electron chi connectivity index (χ3n) is 2.60. The van der Waals surface area contributed by atoms with E-state index in [-0.39, 0.29) is 23.5 Å². The Morgan fingerprint density at radius 1 is 1.00 bits per heavy atom. The molecule has 0 saturated carbocycles. The van der Waals surface area contributed by atoms with Crippen LogP contribution in [0.3, 0.4) is 0 Å². The van der Waals surface area contributed by atoms with E-state index in [1.165, 1.54) is 18.2 Å². The minimum absolute atomic E-state index is 0.0269. The molecule has 0 N–H and O–H groups in total. The third kappa shape index (κ3) is 2.62. The van der Waals surface area contributed by atoms with Crippen LogP contribution in [0.4, 0.5) is 4.39 Å². The van der Waals surface area contributed by atoms with Gasteiger partial charge in [-0.3, -0.25) is 0 Å². The molecular formula is C11H11FO4S2. The van der Waals surface area contributed by atoms with E-state index in [0.29, 0.717) is 5.41 Å². The van der Waals surface area contributed by atoms with Gasteiger partial charge in [-0.25, -0.2) is 21.2 Å². The first-order valence-electron chi connectivity index (χ1n) is 5.24. The van der Waals surface area contributed by atoms with Crippen LogP contribution < -0.4 is 0 Å². The second kappa shape index (κ2) is 4.47. The van der Waals surface area contributed by atoms with Gasteiger partial charge in [-0.15, -0.1) is 0 Å². The van der Waals surface area contributed by atoms with E-state index in [1.54, 1.807) is 0 Å². The molecule has 1 aromatic carbocycles. The largest absolute Gasteiger partial charge is 0.224 e. The topological polar surface area (TPSA) is 68.3 Å². The number of hydrogen-bond donors (Lipinski definition) is 0. The molecule has 0 radical (unpaired) electrons. The molecule has 2 rings (SSSR count). The zero-order valence-electron chi connectivity index (χ0n) is 9.34. The summed E-state index contributed by atoms with van der Waals surface area (Å²) in [6.45, 7) is 0. The van der Waals surface area contributed by atoms with E-state index in [9.17, 15) is 21.2 Å². The predicted octanol–water partition coefficient (Wildman–Crippen LogP) is 1.36. The van der Waals surface area contributed by atoms with Crippen LogP contribution in [0, 0.1) is 5.82 Å². The number of halogens is 1. The van der Waals surface area contributed by atoms with Gasteiger partial charge >= 0.3 is 0 Å². The summed E-state index contributed by atoms with van der Waals surface area (Å²) in [5.41, 5.74) is -0.192. The molecule has 0 amide bonds. The number of sulfone groups is 2. The summed E-state index contributed by atoms with van der Waals surface area (Å²) in [6.07, 6.45) is 0.0269. The Hall–Kier alpha value is -1.21. The highest BCUT2D eigenvalue weighted by Crippen LogP contribution is 2.28. The Bertz CT molecular complexity index is 702. The van der Waals surface area contributed by atoms with Crippen LogP contribution in [0.5, 0.6) is 0 Å². The van der Waals surface area contributed by atoms with E-state index in [0.717, 1.165) is 6.07 Å². The van der Waals surface area contributed by atoms with Gasteiger partial charge in [0, 0.05) is 5.56 Å². The fraction of sp³-hybridized carbons (Fsp3) is 0.273. The summed E-state index contributed by atoms with van der Waals surface area (Å²) in [7, 11) is -7.38. The van der Waals surface area contributed by atoms with Crippen molar-refractivity contribution in [2.24, 2.45) is 0 Å². The maximum Gasteiger partial charge on any atom is 0.179 e. The zero-order chi connectivity index (χ0) is 13.4. The molecule has 0 unspecified atom stereocenters. The Balaban J connectivity index is 2.72. The second-order valence-electron chi connectivity index (χ2n) is 4.00. The molecule has 0 aromatic heterocycles. The minimum Gasteiger partial charge on any atom is -0.224 e. The molecule has 0 atom stereocenters. The lowest BCUT2D eigenvalue weighted by molar-refractivity contribution is 0.601. The summed E-state index contributed by atoms with van der Waals surface area (Å²) in [5, 5.41) is 0.674. The van der Waals surface area contributed by atoms with Crippen molar-refractivity contribution in [1.82, 2.24) is 0 Å². The summed E-state index contributed by atoms with van der Waals surface area (Å²) in [5.74, 6) is -1.26. The molecule has 0 saturated heterocycles. The normalized spacial score (nSPS) is 21.9. The number of hydrogen-bond acceptors (Lipinski definition) is 4. The van der Waals surface area contributed by atoms with Crippen LogP contribution in [-0.4, -0.2) is 28.3 Å². The lowest BCUT2D eigenvalue weighted by atomic mass is 10.2. The zero-order valence-corrected chi connectivity index (χ0v) is 11.0. The van der Waals surface area contributed by atoms with Gasteiger partial charge in [-0.05, 0) is 12.5 Å². The summed E-state index contributed by atoms with van der Waals surface area (Å²) < 4.78 is 60.7. The predicted molar refractivity (Wildman–Crippen MR) is 66.6 cm³/mol. The molecule has 1 aromatic rings. The molecule has 98 valence electrons. The average molecular weight is 290 g/mol. The highest BCUT2D eigenvalue weighted by atomic mass is 32.2. The highest BCUT2D eigenvalue weighted by molar-refractivity contribution is 8.03. The molecule has 0 aliphatic carbocycles. The molecule has 4 nitrogen and oxygen atoms in total. The van der Waals surface area contributed by atoms with Gasteiger partial charge in [-0.1, -0.05) is 18.2 Å². The van der Waals surface area contributed by atoms with E-state index in [4.69, 9.17) is 0 Å². The first-order valence-corrected chi connectivity index (χ1v) is 8.61. The SMILES string of the molecule is O=S1(=O)C=C(c2ccccc2F)S(=O)(=O)CCC1. The van der Waals surface area contributed by atoms with Gasteiger partial charge in [0.2, 0.25) is 0 Å². The van der Waals surface area contributed by atoms with Gasteiger partial charge in [0.15, 0.2) is 19.7 Å². The van der Waals surface area contributed by atoms with Crippen molar-refractivity contribution in [2.45, 2.75) is 6.42 Å². The van der Waals surface area contributed by atoms with Crippen molar-refractivity contribution >= 4 is 24.6 Å². The monoisotopic (exact) mass is 290 g/mol. The number of benzene rings is 1. The lowest BCUT2D eigenvalue weighted by Gasteiger charge is -2.07. The first-order chi connectivity index (χ1) is 8.32. The molecule has 0 spiro atoms. The fourth-order valence-electron chi connectivity index (χ4n) is 1.75. The van der Waals surface area contributed by atoms with Crippen LogP contribution in [0.15, 0.2) is 29.7 Å². The van der Waals surface area contributed by atoms with Gasteiger partial charge < -0.3 is 0 Å². The van der Waals surface area contributed by atoms with E-state index < -0.39 is 30.4 Å². The highest BCUT2D eigenvalue weighted by Gasteiger charge is 2.28. The van der Waals surface area contributed by atoms with Crippen LogP contribution in [0.2, 0.25) is 0 Å². The van der Waals surface area contributed by atoms with E-state index in [2.05, 4.69) is 0 Å². The van der Waals surface area contributed by atoms with Gasteiger partial charge in [0.1, 0.15) is 5.82 Å². The van der Waals surface area contributed by atoms with Gasteiger partial charge in [0.25, 0.3) is 0 Å². The van der Waals surface area contributed by atoms with Crippen molar-refractivity contribution in [2.75, 3.05) is 11.5 Å². The summed E-state index contributed by atoms with van der Waals surface area (Å²) in [4.78, 5) is -0.446. The van der Waals surface area contributed by atoms with Crippen LogP contribution in [0.1, 0.15) is 12.0 Å². The molecule has 7 heteroatoms. The van der Waals surface area contributed by atoms with Crippen molar-refractivity contribution in [1.29, 1.82) is 0 Å². The molecule has 1 heterocycles. The molecular weight excluding hydrogens is 279 g/mol. The van der Waals surface area contributed by atoms with E-state index in [1.807, 2.05) is 0 Å². The van der Waals surface area contributed by atoms with Crippen molar-refractivity contribution in [3.8, 4) is 0 Å². The fourth-order valence-corrected chi connectivity index (χ4v) is 5.32. The molecule has 1 aliphatic heterocycles. The van der Waals surface area contributed by atoms with Crippen LogP contribution in [-0.2, 0) is 19.7 Å². The lowest BCUT2D eigenvalue weighted by Crippen LogP contribution is -2.08. The van der Waals surface area contributed by atoms with Crippen molar-refractivity contribution < 1.29 is 21.2 Å². The maximum atomic E-state index is 13.6. The average Bonchev–Trinajstić information content (AvgIpc) is 2.36. The molecule has 1 aliphatic rings. The van der Waals surface area contributed by atoms with Crippen molar-refractivity contribution in [3.63, 3.8) is 0 Å². The van der Waals surface area contributed by atoms with E-state index >= 15 is 0 Å². The Labute approximate surface area is 105 Å². The summed E-state index contributed by atoms with van der Waals surface area (Å²) in [6, 6.07) is 5.24. The Morgan fingerprint density at radius 2 is 1.67 bits per heavy atom. The third-order valence-corrected chi connectivity index (χ3v) is 6.04. The van der Waals surface area contributed by atoms with Crippen LogP contribution in [0.25, 0.3) is 4.91 Å². The summed E-state index contributed by atoms with van der Waals surface area (Å²) >= 11 is 0. The first kappa shape index (κ1) is 13.2. The molecule has 0 bridgehead atoms. The van der Waals surface area contributed by atoms with Crippen molar-refractivity contribution in [3.05, 3.63) is 41.1 Å². The molecule has 18 heavy (non-hydrogen) atoms. The maximum absolute atomic E-state index is 13.6. The quantitative estimate of drug-likeness (QED) is 0.783. The van der Waals surface area contributed by atoms with Gasteiger partial charge in [-0.2, -0.15) is 0 Å². The molecule has 0 fully saturated rings. The smallest absolute Gasteiger partial charge is 0.179 e. The van der Waals surface area contributed by atoms with Crippen LogP contribution >= 0.6 is 0 Å². The Kier molecular flexibility index (Phi) is 3.29. The standard InChI is InChI=1S/C11H11FO4S2/c12-10-5-2-1-4-9(10)11-8-17(13,14)6-3-7-18(11,15)16/h1-2,4-5,8H,3,6-7H2. The second-order valence-corrected chi connectivity index (χ2v) is 8.05.